The fourth-order valence-corrected chi connectivity index (χ4v) is 3.07. The van der Waals surface area contributed by atoms with Crippen LogP contribution in [0.15, 0.2) is 0 Å². The average Bonchev–Trinajstić information content (AvgIpc) is 2.62. The Labute approximate surface area is 109 Å². The SMILES string of the molecule is CCCN(C)c1nc(C(C)(C)C)c(CNC)s1. The van der Waals surface area contributed by atoms with Gasteiger partial charge in [0, 0.05) is 30.4 Å². The summed E-state index contributed by atoms with van der Waals surface area (Å²) in [5.74, 6) is 0. The molecule has 98 valence electrons. The summed E-state index contributed by atoms with van der Waals surface area (Å²) in [5, 5.41) is 4.37. The average molecular weight is 255 g/mol. The second-order valence-corrected chi connectivity index (χ2v) is 6.53. The molecule has 1 aromatic heterocycles. The van der Waals surface area contributed by atoms with Crippen molar-refractivity contribution in [3.8, 4) is 0 Å². The van der Waals surface area contributed by atoms with Gasteiger partial charge in [0.25, 0.3) is 0 Å². The molecule has 1 N–H and O–H groups in total. The summed E-state index contributed by atoms with van der Waals surface area (Å²) in [6.45, 7) is 10.9. The van der Waals surface area contributed by atoms with Gasteiger partial charge in [-0.05, 0) is 13.5 Å². The zero-order chi connectivity index (χ0) is 13.1. The molecular formula is C13H25N3S. The number of nitrogens with one attached hydrogen (secondary N) is 1. The van der Waals surface area contributed by atoms with Crippen molar-refractivity contribution >= 4 is 16.5 Å². The third kappa shape index (κ3) is 3.68. The van der Waals surface area contributed by atoms with Crippen LogP contribution in [0.1, 0.15) is 44.7 Å². The number of rotatable bonds is 5. The molecule has 3 nitrogen and oxygen atoms in total. The number of aromatic nitrogens is 1. The van der Waals surface area contributed by atoms with Crippen molar-refractivity contribution in [1.29, 1.82) is 0 Å². The van der Waals surface area contributed by atoms with Crippen molar-refractivity contribution < 1.29 is 0 Å². The molecule has 0 saturated carbocycles. The van der Waals surface area contributed by atoms with Crippen LogP contribution < -0.4 is 10.2 Å². The van der Waals surface area contributed by atoms with Crippen LogP contribution in [-0.4, -0.2) is 25.6 Å². The largest absolute Gasteiger partial charge is 0.351 e. The van der Waals surface area contributed by atoms with Crippen LogP contribution in [0.5, 0.6) is 0 Å². The van der Waals surface area contributed by atoms with Gasteiger partial charge < -0.3 is 10.2 Å². The van der Waals surface area contributed by atoms with Crippen molar-refractivity contribution in [3.05, 3.63) is 10.6 Å². The van der Waals surface area contributed by atoms with Crippen LogP contribution >= 0.6 is 11.3 Å². The van der Waals surface area contributed by atoms with E-state index >= 15 is 0 Å². The molecular weight excluding hydrogens is 230 g/mol. The number of anilines is 1. The molecule has 0 aliphatic rings. The summed E-state index contributed by atoms with van der Waals surface area (Å²) in [6, 6.07) is 0. The van der Waals surface area contributed by atoms with Crippen LogP contribution in [-0.2, 0) is 12.0 Å². The Kier molecular flexibility index (Phi) is 4.95. The highest BCUT2D eigenvalue weighted by atomic mass is 32.1. The molecule has 1 rings (SSSR count). The summed E-state index contributed by atoms with van der Waals surface area (Å²) in [5.41, 5.74) is 1.35. The molecule has 1 aromatic rings. The molecule has 0 aliphatic heterocycles. The molecule has 0 aliphatic carbocycles. The molecule has 0 amide bonds. The first kappa shape index (κ1) is 14.5. The van der Waals surface area contributed by atoms with Crippen molar-refractivity contribution in [3.63, 3.8) is 0 Å². The van der Waals surface area contributed by atoms with E-state index in [1.165, 1.54) is 10.6 Å². The summed E-state index contributed by atoms with van der Waals surface area (Å²) < 4.78 is 0. The molecule has 17 heavy (non-hydrogen) atoms. The quantitative estimate of drug-likeness (QED) is 0.876. The van der Waals surface area contributed by atoms with E-state index in [0.717, 1.165) is 24.6 Å². The third-order valence-corrected chi connectivity index (χ3v) is 3.79. The standard InChI is InChI=1S/C13H25N3S/c1-7-8-16(6)12-15-11(13(2,3)4)10(17-12)9-14-5/h14H,7-9H2,1-6H3. The van der Waals surface area contributed by atoms with Gasteiger partial charge in [-0.15, -0.1) is 11.3 Å². The second-order valence-electron chi connectivity index (χ2n) is 5.47. The fourth-order valence-electron chi connectivity index (χ4n) is 1.80. The lowest BCUT2D eigenvalue weighted by Crippen LogP contribution is -2.19. The highest BCUT2D eigenvalue weighted by Gasteiger charge is 2.23. The Morgan fingerprint density at radius 3 is 2.47 bits per heavy atom. The number of hydrogen-bond donors (Lipinski definition) is 1. The molecule has 0 unspecified atom stereocenters. The van der Waals surface area contributed by atoms with E-state index in [4.69, 9.17) is 4.98 Å². The van der Waals surface area contributed by atoms with Gasteiger partial charge in [-0.25, -0.2) is 4.98 Å². The Morgan fingerprint density at radius 2 is 2.00 bits per heavy atom. The first-order valence-corrected chi connectivity index (χ1v) is 7.07. The second kappa shape index (κ2) is 5.83. The molecule has 0 aromatic carbocycles. The van der Waals surface area contributed by atoms with Gasteiger partial charge >= 0.3 is 0 Å². The fraction of sp³-hybridized carbons (Fsp3) is 0.769. The summed E-state index contributed by atoms with van der Waals surface area (Å²) in [7, 11) is 4.11. The van der Waals surface area contributed by atoms with Crippen molar-refractivity contribution in [2.75, 3.05) is 25.5 Å². The van der Waals surface area contributed by atoms with Crippen molar-refractivity contribution in [2.45, 2.75) is 46.1 Å². The minimum Gasteiger partial charge on any atom is -0.351 e. The minimum absolute atomic E-state index is 0.119. The van der Waals surface area contributed by atoms with E-state index in [1.807, 2.05) is 18.4 Å². The highest BCUT2D eigenvalue weighted by molar-refractivity contribution is 7.15. The van der Waals surface area contributed by atoms with Crippen LogP contribution in [0, 0.1) is 0 Å². The van der Waals surface area contributed by atoms with E-state index in [1.54, 1.807) is 0 Å². The van der Waals surface area contributed by atoms with Gasteiger partial charge in [-0.2, -0.15) is 0 Å². The molecule has 0 atom stereocenters. The van der Waals surface area contributed by atoms with E-state index in [-0.39, 0.29) is 5.41 Å². The monoisotopic (exact) mass is 255 g/mol. The zero-order valence-corrected chi connectivity index (χ0v) is 12.7. The van der Waals surface area contributed by atoms with Gasteiger partial charge in [0.05, 0.1) is 5.69 Å². The van der Waals surface area contributed by atoms with Crippen molar-refractivity contribution in [1.82, 2.24) is 10.3 Å². The van der Waals surface area contributed by atoms with Crippen LogP contribution in [0.2, 0.25) is 0 Å². The summed E-state index contributed by atoms with van der Waals surface area (Å²) >= 11 is 1.81. The molecule has 0 radical (unpaired) electrons. The Bertz CT molecular complexity index is 352. The molecule has 4 heteroatoms. The van der Waals surface area contributed by atoms with E-state index < -0.39 is 0 Å². The van der Waals surface area contributed by atoms with E-state index in [0.29, 0.717) is 0 Å². The van der Waals surface area contributed by atoms with E-state index in [2.05, 4.69) is 45.0 Å². The number of nitrogens with zero attached hydrogens (tertiary/aromatic N) is 2. The predicted molar refractivity (Wildman–Crippen MR) is 77.1 cm³/mol. The smallest absolute Gasteiger partial charge is 0.185 e. The maximum absolute atomic E-state index is 4.82. The summed E-state index contributed by atoms with van der Waals surface area (Å²) in [4.78, 5) is 8.43. The maximum Gasteiger partial charge on any atom is 0.185 e. The highest BCUT2D eigenvalue weighted by Crippen LogP contribution is 2.33. The maximum atomic E-state index is 4.82. The lowest BCUT2D eigenvalue weighted by atomic mass is 9.91. The van der Waals surface area contributed by atoms with Crippen LogP contribution in [0.25, 0.3) is 0 Å². The van der Waals surface area contributed by atoms with Gasteiger partial charge in [0.1, 0.15) is 0 Å². The van der Waals surface area contributed by atoms with Gasteiger partial charge in [-0.3, -0.25) is 0 Å². The Hall–Kier alpha value is -0.610. The Balaban J connectivity index is 3.03. The minimum atomic E-state index is 0.119. The molecule has 1 heterocycles. The number of thiazole rings is 1. The van der Waals surface area contributed by atoms with Gasteiger partial charge in [0.2, 0.25) is 0 Å². The first-order valence-electron chi connectivity index (χ1n) is 6.26. The molecule has 0 saturated heterocycles. The van der Waals surface area contributed by atoms with E-state index in [9.17, 15) is 0 Å². The first-order chi connectivity index (χ1) is 7.90. The van der Waals surface area contributed by atoms with Crippen molar-refractivity contribution in [2.24, 2.45) is 0 Å². The lowest BCUT2D eigenvalue weighted by molar-refractivity contribution is 0.563. The molecule has 0 bridgehead atoms. The summed E-state index contributed by atoms with van der Waals surface area (Å²) in [6.07, 6.45) is 1.16. The molecule has 0 fully saturated rings. The Morgan fingerprint density at radius 1 is 1.35 bits per heavy atom. The zero-order valence-electron chi connectivity index (χ0n) is 11.9. The van der Waals surface area contributed by atoms with Crippen LogP contribution in [0.4, 0.5) is 5.13 Å². The number of hydrogen-bond acceptors (Lipinski definition) is 4. The topological polar surface area (TPSA) is 28.2 Å². The van der Waals surface area contributed by atoms with Crippen LogP contribution in [0.3, 0.4) is 0 Å². The third-order valence-electron chi connectivity index (χ3n) is 2.62. The molecule has 0 spiro atoms. The predicted octanol–water partition coefficient (Wildman–Crippen LogP) is 3.01. The van der Waals surface area contributed by atoms with Gasteiger partial charge in [0.15, 0.2) is 5.13 Å². The van der Waals surface area contributed by atoms with Gasteiger partial charge in [-0.1, -0.05) is 27.7 Å². The lowest BCUT2D eigenvalue weighted by Gasteiger charge is -2.18. The normalized spacial score (nSPS) is 11.9.